The molecular weight excluding hydrogens is 278 g/mol. The Bertz CT molecular complexity index is 801. The van der Waals surface area contributed by atoms with Crippen LogP contribution in [0.25, 0.3) is 11.0 Å². The van der Waals surface area contributed by atoms with Crippen LogP contribution in [0.15, 0.2) is 59.0 Å². The van der Waals surface area contributed by atoms with Crippen LogP contribution in [0.2, 0.25) is 0 Å². The molecule has 1 heterocycles. The third-order valence-corrected chi connectivity index (χ3v) is 3.37. The smallest absolute Gasteiger partial charge is 0.287 e. The maximum atomic E-state index is 12.1. The van der Waals surface area contributed by atoms with E-state index in [2.05, 4.69) is 5.32 Å². The molecular formula is C17H15N3O2. The first-order chi connectivity index (χ1) is 10.6. The van der Waals surface area contributed by atoms with Gasteiger partial charge in [-0.05, 0) is 17.7 Å². The Morgan fingerprint density at radius 3 is 2.55 bits per heavy atom. The van der Waals surface area contributed by atoms with Gasteiger partial charge in [-0.25, -0.2) is 0 Å². The average Bonchev–Trinajstić information content (AvgIpc) is 2.97. The van der Waals surface area contributed by atoms with Gasteiger partial charge in [-0.1, -0.05) is 42.5 Å². The zero-order chi connectivity index (χ0) is 15.5. The van der Waals surface area contributed by atoms with Gasteiger partial charge >= 0.3 is 0 Å². The van der Waals surface area contributed by atoms with Crippen LogP contribution >= 0.6 is 0 Å². The minimum absolute atomic E-state index is 0.0258. The van der Waals surface area contributed by atoms with E-state index in [9.17, 15) is 4.79 Å². The average molecular weight is 293 g/mol. The van der Waals surface area contributed by atoms with Crippen molar-refractivity contribution in [1.29, 1.82) is 5.41 Å². The van der Waals surface area contributed by atoms with Crippen LogP contribution in [0.1, 0.15) is 21.7 Å². The number of carbonyl (C=O) groups excluding carboxylic acids is 1. The molecule has 0 fully saturated rings. The number of benzene rings is 2. The molecule has 0 spiro atoms. The summed E-state index contributed by atoms with van der Waals surface area (Å²) in [5.74, 6) is 0.0614. The van der Waals surface area contributed by atoms with Crippen LogP contribution in [-0.2, 0) is 6.54 Å². The fourth-order valence-electron chi connectivity index (χ4n) is 2.17. The highest BCUT2D eigenvalue weighted by Gasteiger charge is 2.11. The van der Waals surface area contributed by atoms with Crippen LogP contribution in [0.4, 0.5) is 0 Å². The molecule has 1 aromatic heterocycles. The molecule has 3 rings (SSSR count). The van der Waals surface area contributed by atoms with Crippen molar-refractivity contribution in [2.24, 2.45) is 5.73 Å². The zero-order valence-corrected chi connectivity index (χ0v) is 11.8. The van der Waals surface area contributed by atoms with Crippen molar-refractivity contribution < 1.29 is 9.21 Å². The van der Waals surface area contributed by atoms with E-state index >= 15 is 0 Å². The second-order valence-electron chi connectivity index (χ2n) is 4.94. The van der Waals surface area contributed by atoms with Crippen molar-refractivity contribution in [3.8, 4) is 0 Å². The monoisotopic (exact) mass is 293 g/mol. The minimum Gasteiger partial charge on any atom is -0.451 e. The van der Waals surface area contributed by atoms with E-state index < -0.39 is 0 Å². The summed E-state index contributed by atoms with van der Waals surface area (Å²) >= 11 is 0. The number of nitrogens with two attached hydrogens (primary N) is 1. The molecule has 0 radical (unpaired) electrons. The zero-order valence-electron chi connectivity index (χ0n) is 11.8. The molecule has 2 aromatic carbocycles. The molecule has 0 saturated heterocycles. The third-order valence-electron chi connectivity index (χ3n) is 3.37. The second kappa shape index (κ2) is 5.73. The molecule has 0 bridgehead atoms. The molecule has 0 unspecified atom stereocenters. The number of amides is 1. The molecule has 1 amide bonds. The predicted octanol–water partition coefficient (Wildman–Crippen LogP) is 2.65. The molecule has 22 heavy (non-hydrogen) atoms. The molecule has 5 nitrogen and oxygen atoms in total. The number of carbonyl (C=O) groups is 1. The third kappa shape index (κ3) is 2.83. The minimum atomic E-state index is -0.258. The number of hydrogen-bond acceptors (Lipinski definition) is 3. The summed E-state index contributed by atoms with van der Waals surface area (Å²) < 4.78 is 5.51. The molecule has 0 atom stereocenters. The Kier molecular flexibility index (Phi) is 3.62. The van der Waals surface area contributed by atoms with Gasteiger partial charge in [0.1, 0.15) is 11.4 Å². The highest BCUT2D eigenvalue weighted by Crippen LogP contribution is 2.18. The summed E-state index contributed by atoms with van der Waals surface area (Å²) in [6.07, 6.45) is 0. The van der Waals surface area contributed by atoms with E-state index in [1.807, 2.05) is 36.4 Å². The van der Waals surface area contributed by atoms with Gasteiger partial charge in [0, 0.05) is 17.5 Å². The van der Waals surface area contributed by atoms with Crippen molar-refractivity contribution in [2.75, 3.05) is 0 Å². The van der Waals surface area contributed by atoms with E-state index in [1.165, 1.54) is 0 Å². The number of nitrogens with one attached hydrogen (secondary N) is 2. The second-order valence-corrected chi connectivity index (χ2v) is 4.94. The van der Waals surface area contributed by atoms with Crippen molar-refractivity contribution in [3.05, 3.63) is 71.5 Å². The summed E-state index contributed by atoms with van der Waals surface area (Å²) in [5.41, 5.74) is 7.68. The SMILES string of the molecule is N=C(N)c1ccc(CNC(=O)c2cc3ccccc3o2)cc1. The van der Waals surface area contributed by atoms with Crippen LogP contribution in [-0.4, -0.2) is 11.7 Å². The fraction of sp³-hybridized carbons (Fsp3) is 0.0588. The van der Waals surface area contributed by atoms with Crippen LogP contribution in [0.5, 0.6) is 0 Å². The number of nitrogen functional groups attached to an aromatic ring is 1. The Hall–Kier alpha value is -3.08. The van der Waals surface area contributed by atoms with Gasteiger partial charge in [-0.2, -0.15) is 0 Å². The van der Waals surface area contributed by atoms with Gasteiger partial charge < -0.3 is 15.5 Å². The van der Waals surface area contributed by atoms with Crippen molar-refractivity contribution in [1.82, 2.24) is 5.32 Å². The summed E-state index contributed by atoms with van der Waals surface area (Å²) in [4.78, 5) is 12.1. The topological polar surface area (TPSA) is 92.1 Å². The first-order valence-corrected chi connectivity index (χ1v) is 6.83. The van der Waals surface area contributed by atoms with Crippen LogP contribution < -0.4 is 11.1 Å². The van der Waals surface area contributed by atoms with Gasteiger partial charge in [0.15, 0.2) is 5.76 Å². The van der Waals surface area contributed by atoms with E-state index in [-0.39, 0.29) is 11.7 Å². The van der Waals surface area contributed by atoms with Gasteiger partial charge in [0.25, 0.3) is 5.91 Å². The molecule has 0 aliphatic rings. The molecule has 3 aromatic rings. The Balaban J connectivity index is 1.67. The lowest BCUT2D eigenvalue weighted by Crippen LogP contribution is -2.22. The van der Waals surface area contributed by atoms with Gasteiger partial charge in [-0.15, -0.1) is 0 Å². The van der Waals surface area contributed by atoms with Gasteiger partial charge in [-0.3, -0.25) is 10.2 Å². The lowest BCUT2D eigenvalue weighted by molar-refractivity contribution is 0.0925. The highest BCUT2D eigenvalue weighted by atomic mass is 16.3. The molecule has 0 aliphatic heterocycles. The maximum Gasteiger partial charge on any atom is 0.287 e. The summed E-state index contributed by atoms with van der Waals surface area (Å²) in [6.45, 7) is 0.383. The summed E-state index contributed by atoms with van der Waals surface area (Å²) in [6, 6.07) is 16.4. The van der Waals surface area contributed by atoms with Gasteiger partial charge in [0.2, 0.25) is 0 Å². The summed E-state index contributed by atoms with van der Waals surface area (Å²) in [7, 11) is 0. The number of para-hydroxylation sites is 1. The number of fused-ring (bicyclic) bond motifs is 1. The Morgan fingerprint density at radius 2 is 1.86 bits per heavy atom. The molecule has 0 aliphatic carbocycles. The standard InChI is InChI=1S/C17H15N3O2/c18-16(19)12-7-5-11(6-8-12)10-20-17(21)15-9-13-3-1-2-4-14(13)22-15/h1-9H,10H2,(H3,18,19)(H,20,21). The van der Waals surface area contributed by atoms with E-state index in [1.54, 1.807) is 18.2 Å². The highest BCUT2D eigenvalue weighted by molar-refractivity contribution is 5.96. The number of furan rings is 1. The quantitative estimate of drug-likeness (QED) is 0.510. The van der Waals surface area contributed by atoms with Gasteiger partial charge in [0.05, 0.1) is 0 Å². The Labute approximate surface area is 127 Å². The fourth-order valence-corrected chi connectivity index (χ4v) is 2.17. The van der Waals surface area contributed by atoms with Crippen LogP contribution in [0, 0.1) is 5.41 Å². The van der Waals surface area contributed by atoms with Crippen molar-refractivity contribution in [3.63, 3.8) is 0 Å². The summed E-state index contributed by atoms with van der Waals surface area (Å²) in [5, 5.41) is 11.0. The molecule has 4 N–H and O–H groups in total. The molecule has 5 heteroatoms. The van der Waals surface area contributed by atoms with E-state index in [0.29, 0.717) is 23.5 Å². The normalized spacial score (nSPS) is 10.5. The predicted molar refractivity (Wildman–Crippen MR) is 84.8 cm³/mol. The first-order valence-electron chi connectivity index (χ1n) is 6.83. The number of rotatable bonds is 4. The van der Waals surface area contributed by atoms with E-state index in [4.69, 9.17) is 15.6 Å². The molecule has 0 saturated carbocycles. The van der Waals surface area contributed by atoms with Crippen molar-refractivity contribution >= 4 is 22.7 Å². The first kappa shape index (κ1) is 13.9. The van der Waals surface area contributed by atoms with Crippen LogP contribution in [0.3, 0.4) is 0 Å². The Morgan fingerprint density at radius 1 is 1.14 bits per heavy atom. The van der Waals surface area contributed by atoms with E-state index in [0.717, 1.165) is 10.9 Å². The molecule has 110 valence electrons. The maximum absolute atomic E-state index is 12.1. The lowest BCUT2D eigenvalue weighted by atomic mass is 10.1. The largest absolute Gasteiger partial charge is 0.451 e. The van der Waals surface area contributed by atoms with Crippen molar-refractivity contribution in [2.45, 2.75) is 6.54 Å². The number of amidine groups is 1. The number of hydrogen-bond donors (Lipinski definition) is 3. The lowest BCUT2D eigenvalue weighted by Gasteiger charge is -2.04.